The molecule has 0 saturated carbocycles. The monoisotopic (exact) mass is 252 g/mol. The first-order valence-corrected chi connectivity index (χ1v) is 5.03. The fraction of sp³-hybridized carbons (Fsp3) is 0.200. The van der Waals surface area contributed by atoms with Crippen LogP contribution in [0.15, 0.2) is 18.2 Å². The number of benzene rings is 1. The van der Waals surface area contributed by atoms with E-state index in [1.807, 2.05) is 0 Å². The van der Waals surface area contributed by atoms with Crippen LogP contribution in [0.25, 0.3) is 0 Å². The average molecular weight is 252 g/mol. The van der Waals surface area contributed by atoms with Crippen molar-refractivity contribution in [1.82, 2.24) is 5.32 Å². The van der Waals surface area contributed by atoms with Crippen molar-refractivity contribution in [2.75, 3.05) is 12.3 Å². The van der Waals surface area contributed by atoms with Crippen molar-refractivity contribution >= 4 is 23.2 Å². The molecule has 0 aromatic heterocycles. The van der Waals surface area contributed by atoms with Gasteiger partial charge in [0.05, 0.1) is 4.92 Å². The van der Waals surface area contributed by atoms with E-state index in [1.165, 1.54) is 18.2 Å². The van der Waals surface area contributed by atoms with E-state index in [1.54, 1.807) is 0 Å². The molecule has 0 atom stereocenters. The largest absolute Gasteiger partial charge is 0.393 e. The molecule has 0 heterocycles. The molecule has 0 saturated heterocycles. The lowest BCUT2D eigenvalue weighted by molar-refractivity contribution is -0.384. The van der Waals surface area contributed by atoms with Crippen molar-refractivity contribution in [3.63, 3.8) is 0 Å². The summed E-state index contributed by atoms with van der Waals surface area (Å²) in [6, 6.07) is 4.05. The van der Waals surface area contributed by atoms with Crippen molar-refractivity contribution in [3.05, 3.63) is 33.9 Å². The number of amides is 2. The molecule has 0 aliphatic rings. The second-order valence-electron chi connectivity index (χ2n) is 3.47. The summed E-state index contributed by atoms with van der Waals surface area (Å²) in [5.74, 6) is -1.24. The number of nitro groups is 1. The Hall–Kier alpha value is -2.64. The molecule has 8 heteroatoms. The fourth-order valence-electron chi connectivity index (χ4n) is 1.34. The van der Waals surface area contributed by atoms with Gasteiger partial charge in [-0.1, -0.05) is 6.07 Å². The molecule has 1 aromatic rings. The molecule has 5 N–H and O–H groups in total. The lowest BCUT2D eigenvalue weighted by atomic mass is 10.1. The molecule has 18 heavy (non-hydrogen) atoms. The summed E-state index contributed by atoms with van der Waals surface area (Å²) in [6.45, 7) is 0.0140. The third-order valence-electron chi connectivity index (χ3n) is 2.15. The number of nitrogen functional groups attached to an aromatic ring is 1. The van der Waals surface area contributed by atoms with Crippen LogP contribution < -0.4 is 16.8 Å². The van der Waals surface area contributed by atoms with Gasteiger partial charge in [-0.3, -0.25) is 19.7 Å². The van der Waals surface area contributed by atoms with Crippen LogP contribution in [0.1, 0.15) is 16.8 Å². The maximum absolute atomic E-state index is 11.7. The van der Waals surface area contributed by atoms with Crippen molar-refractivity contribution in [2.45, 2.75) is 6.42 Å². The van der Waals surface area contributed by atoms with E-state index in [0.29, 0.717) is 0 Å². The summed E-state index contributed by atoms with van der Waals surface area (Å²) < 4.78 is 0. The predicted octanol–water partition coefficient (Wildman–Crippen LogP) is -0.218. The van der Waals surface area contributed by atoms with E-state index in [2.05, 4.69) is 5.32 Å². The quantitative estimate of drug-likeness (QED) is 0.377. The first kappa shape index (κ1) is 13.4. The predicted molar refractivity (Wildman–Crippen MR) is 63.7 cm³/mol. The number of nitrogens with one attached hydrogen (secondary N) is 1. The molecule has 2 amide bonds. The number of hydrogen-bond acceptors (Lipinski definition) is 5. The highest BCUT2D eigenvalue weighted by atomic mass is 16.6. The first-order chi connectivity index (χ1) is 8.43. The van der Waals surface area contributed by atoms with Gasteiger partial charge in [-0.2, -0.15) is 0 Å². The Morgan fingerprint density at radius 3 is 2.61 bits per heavy atom. The molecule has 0 aliphatic carbocycles. The van der Waals surface area contributed by atoms with E-state index in [-0.39, 0.29) is 24.2 Å². The van der Waals surface area contributed by atoms with Crippen LogP contribution in [0, 0.1) is 10.1 Å². The van der Waals surface area contributed by atoms with E-state index in [9.17, 15) is 19.7 Å². The van der Waals surface area contributed by atoms with Crippen LogP contribution in [0.2, 0.25) is 0 Å². The van der Waals surface area contributed by atoms with Crippen molar-refractivity contribution in [2.24, 2.45) is 5.73 Å². The van der Waals surface area contributed by atoms with Gasteiger partial charge in [-0.05, 0) is 12.1 Å². The van der Waals surface area contributed by atoms with Gasteiger partial charge in [0.25, 0.3) is 5.91 Å². The topological polar surface area (TPSA) is 141 Å². The molecule has 0 fully saturated rings. The summed E-state index contributed by atoms with van der Waals surface area (Å²) in [6.07, 6.45) is -0.0398. The van der Waals surface area contributed by atoms with Gasteiger partial charge in [-0.15, -0.1) is 0 Å². The van der Waals surface area contributed by atoms with Gasteiger partial charge in [0, 0.05) is 13.0 Å². The molecule has 0 spiro atoms. The van der Waals surface area contributed by atoms with Crippen LogP contribution >= 0.6 is 0 Å². The standard InChI is InChI=1S/C10H12N4O4/c11-7-3-1-2-6(9(7)14(17)18)10(16)13-5-4-8(12)15/h1-3H,4-5,11H2,(H2,12,15)(H,13,16). The number of anilines is 1. The van der Waals surface area contributed by atoms with Gasteiger partial charge in [-0.25, -0.2) is 0 Å². The minimum atomic E-state index is -0.724. The number of nitro benzene ring substituents is 1. The van der Waals surface area contributed by atoms with Crippen molar-refractivity contribution < 1.29 is 14.5 Å². The Balaban J connectivity index is 2.89. The fourth-order valence-corrected chi connectivity index (χ4v) is 1.34. The Kier molecular flexibility index (Phi) is 4.19. The summed E-state index contributed by atoms with van der Waals surface area (Å²) in [5, 5.41) is 13.2. The Labute approximate surface area is 102 Å². The molecule has 0 bridgehead atoms. The molecule has 1 aromatic carbocycles. The first-order valence-electron chi connectivity index (χ1n) is 5.03. The van der Waals surface area contributed by atoms with E-state index in [4.69, 9.17) is 11.5 Å². The maximum atomic E-state index is 11.7. The van der Waals surface area contributed by atoms with Crippen LogP contribution in [0.4, 0.5) is 11.4 Å². The summed E-state index contributed by atoms with van der Waals surface area (Å²) in [5.41, 5.74) is 9.65. The molecular weight excluding hydrogens is 240 g/mol. The highest BCUT2D eigenvalue weighted by Crippen LogP contribution is 2.25. The number of rotatable bonds is 5. The zero-order chi connectivity index (χ0) is 13.7. The van der Waals surface area contributed by atoms with E-state index < -0.39 is 22.4 Å². The Morgan fingerprint density at radius 2 is 2.06 bits per heavy atom. The molecule has 0 aliphatic heterocycles. The molecule has 8 nitrogen and oxygen atoms in total. The summed E-state index contributed by atoms with van der Waals surface area (Å²) in [4.78, 5) is 32.2. The van der Waals surface area contributed by atoms with Crippen LogP contribution in [0.3, 0.4) is 0 Å². The van der Waals surface area contributed by atoms with Crippen molar-refractivity contribution in [1.29, 1.82) is 0 Å². The maximum Gasteiger partial charge on any atom is 0.304 e. The number of carbonyl (C=O) groups excluding carboxylic acids is 2. The van der Waals surface area contributed by atoms with Gasteiger partial charge in [0.2, 0.25) is 5.91 Å². The van der Waals surface area contributed by atoms with Crippen LogP contribution in [-0.4, -0.2) is 23.3 Å². The van der Waals surface area contributed by atoms with Gasteiger partial charge in [0.1, 0.15) is 11.3 Å². The number of para-hydroxylation sites is 1. The smallest absolute Gasteiger partial charge is 0.304 e. The third kappa shape index (κ3) is 3.17. The molecule has 96 valence electrons. The lowest BCUT2D eigenvalue weighted by Crippen LogP contribution is -2.28. The number of nitrogens with two attached hydrogens (primary N) is 2. The van der Waals surface area contributed by atoms with Gasteiger partial charge in [0.15, 0.2) is 0 Å². The second kappa shape index (κ2) is 5.62. The summed E-state index contributed by atoms with van der Waals surface area (Å²) in [7, 11) is 0. The van der Waals surface area contributed by atoms with Gasteiger partial charge >= 0.3 is 5.69 Å². The third-order valence-corrected chi connectivity index (χ3v) is 2.15. The second-order valence-corrected chi connectivity index (χ2v) is 3.47. The van der Waals surface area contributed by atoms with Crippen LogP contribution in [-0.2, 0) is 4.79 Å². The highest BCUT2D eigenvalue weighted by Gasteiger charge is 2.22. The number of primary amides is 1. The zero-order valence-corrected chi connectivity index (χ0v) is 9.38. The normalized spacial score (nSPS) is 9.78. The Morgan fingerprint density at radius 1 is 1.39 bits per heavy atom. The van der Waals surface area contributed by atoms with E-state index in [0.717, 1.165) is 0 Å². The average Bonchev–Trinajstić information content (AvgIpc) is 2.27. The minimum Gasteiger partial charge on any atom is -0.393 e. The lowest BCUT2D eigenvalue weighted by Gasteiger charge is -2.05. The van der Waals surface area contributed by atoms with Gasteiger partial charge < -0.3 is 16.8 Å². The molecule has 0 unspecified atom stereocenters. The molecule has 1 rings (SSSR count). The number of hydrogen-bond donors (Lipinski definition) is 3. The SMILES string of the molecule is NC(=O)CCNC(=O)c1cccc(N)c1[N+](=O)[O-]. The molecule has 0 radical (unpaired) electrons. The van der Waals surface area contributed by atoms with Crippen LogP contribution in [0.5, 0.6) is 0 Å². The highest BCUT2D eigenvalue weighted by molar-refractivity contribution is 6.00. The zero-order valence-electron chi connectivity index (χ0n) is 9.38. The number of nitrogens with zero attached hydrogens (tertiary/aromatic N) is 1. The van der Waals surface area contributed by atoms with E-state index >= 15 is 0 Å². The number of carbonyl (C=O) groups is 2. The summed E-state index contributed by atoms with van der Waals surface area (Å²) >= 11 is 0. The van der Waals surface area contributed by atoms with Crippen molar-refractivity contribution in [3.8, 4) is 0 Å². The minimum absolute atomic E-state index is 0.0140. The molecular formula is C10H12N4O4. The Bertz CT molecular complexity index is 501.